The summed E-state index contributed by atoms with van der Waals surface area (Å²) >= 11 is 0. The zero-order valence-electron chi connectivity index (χ0n) is 13.6. The molecule has 3 aromatic rings. The van der Waals surface area contributed by atoms with Crippen molar-refractivity contribution in [2.75, 3.05) is 0 Å². The van der Waals surface area contributed by atoms with Crippen LogP contribution < -0.4 is 0 Å². The smallest absolute Gasteiger partial charge is 0.130 e. The van der Waals surface area contributed by atoms with Crippen molar-refractivity contribution in [2.45, 2.75) is 19.3 Å². The number of fused-ring (bicyclic) bond motifs is 1. The molecular formula is C21H21NO. The molecule has 2 heteroatoms. The Morgan fingerprint density at radius 3 is 2.52 bits per heavy atom. The van der Waals surface area contributed by atoms with Gasteiger partial charge < -0.3 is 4.57 Å². The summed E-state index contributed by atoms with van der Waals surface area (Å²) in [5.74, 6) is 0.305. The summed E-state index contributed by atoms with van der Waals surface area (Å²) in [7, 11) is 2.05. The third-order valence-corrected chi connectivity index (χ3v) is 4.16. The van der Waals surface area contributed by atoms with Crippen molar-refractivity contribution < 1.29 is 4.79 Å². The molecule has 0 spiro atoms. The van der Waals surface area contributed by atoms with E-state index in [2.05, 4.69) is 60.3 Å². The molecule has 1 heterocycles. The molecule has 0 saturated carbocycles. The highest BCUT2D eigenvalue weighted by atomic mass is 16.1. The van der Waals surface area contributed by atoms with Crippen LogP contribution in [0.5, 0.6) is 0 Å². The number of carbonyl (C=O) groups excluding carboxylic acids is 1. The maximum Gasteiger partial charge on any atom is 0.130 e. The van der Waals surface area contributed by atoms with E-state index in [9.17, 15) is 4.79 Å². The Morgan fingerprint density at radius 1 is 1.09 bits per heavy atom. The van der Waals surface area contributed by atoms with E-state index < -0.39 is 0 Å². The van der Waals surface area contributed by atoms with Crippen LogP contribution in [0.4, 0.5) is 0 Å². The zero-order chi connectivity index (χ0) is 16.2. The Bertz CT molecular complexity index is 843. The van der Waals surface area contributed by atoms with E-state index in [0.717, 1.165) is 5.56 Å². The monoisotopic (exact) mass is 303 g/mol. The van der Waals surface area contributed by atoms with E-state index in [1.807, 2.05) is 24.3 Å². The van der Waals surface area contributed by atoms with Gasteiger partial charge in [0.2, 0.25) is 0 Å². The van der Waals surface area contributed by atoms with Gasteiger partial charge in [0.15, 0.2) is 0 Å². The van der Waals surface area contributed by atoms with E-state index in [0.29, 0.717) is 6.42 Å². The number of hydrogen-bond acceptors (Lipinski definition) is 1. The molecule has 0 amide bonds. The molecule has 0 fully saturated rings. The van der Waals surface area contributed by atoms with Crippen LogP contribution in [0.25, 0.3) is 17.0 Å². The van der Waals surface area contributed by atoms with E-state index in [1.165, 1.54) is 16.5 Å². The van der Waals surface area contributed by atoms with Gasteiger partial charge in [-0.15, -0.1) is 0 Å². The van der Waals surface area contributed by atoms with E-state index in [1.54, 1.807) is 6.92 Å². The number of aryl methyl sites for hydroxylation is 1. The molecule has 3 rings (SSSR count). The minimum atomic E-state index is 0.0961. The van der Waals surface area contributed by atoms with Crippen molar-refractivity contribution in [3.05, 3.63) is 78.0 Å². The molecule has 0 aliphatic heterocycles. The Kier molecular flexibility index (Phi) is 4.42. The fraction of sp³-hybridized carbons (Fsp3) is 0.190. The summed E-state index contributed by atoms with van der Waals surface area (Å²) < 4.78 is 2.13. The number of nitrogens with zero attached hydrogens (tertiary/aromatic N) is 1. The van der Waals surface area contributed by atoms with Crippen molar-refractivity contribution in [1.29, 1.82) is 0 Å². The second-order valence-corrected chi connectivity index (χ2v) is 5.99. The number of ketones is 1. The molecule has 0 unspecified atom stereocenters. The molecule has 1 atom stereocenters. The molecule has 0 N–H and O–H groups in total. The van der Waals surface area contributed by atoms with Crippen LogP contribution in [0.15, 0.2) is 66.9 Å². The van der Waals surface area contributed by atoms with Crippen molar-refractivity contribution in [3.8, 4) is 0 Å². The molecule has 1 aromatic heterocycles. The lowest BCUT2D eigenvalue weighted by Crippen LogP contribution is -2.01. The Labute approximate surface area is 137 Å². The van der Waals surface area contributed by atoms with Gasteiger partial charge >= 0.3 is 0 Å². The van der Waals surface area contributed by atoms with Crippen LogP contribution in [0.3, 0.4) is 0 Å². The van der Waals surface area contributed by atoms with Crippen LogP contribution in [0.2, 0.25) is 0 Å². The molecule has 23 heavy (non-hydrogen) atoms. The number of allylic oxidation sites excluding steroid dienone is 1. The van der Waals surface area contributed by atoms with Crippen LogP contribution >= 0.6 is 0 Å². The highest BCUT2D eigenvalue weighted by molar-refractivity contribution is 5.86. The zero-order valence-corrected chi connectivity index (χ0v) is 13.6. The Hall–Kier alpha value is -2.61. The molecule has 2 nitrogen and oxygen atoms in total. The van der Waals surface area contributed by atoms with E-state index >= 15 is 0 Å². The van der Waals surface area contributed by atoms with Crippen LogP contribution in [0, 0.1) is 0 Å². The van der Waals surface area contributed by atoms with Gasteiger partial charge in [0.1, 0.15) is 5.78 Å². The van der Waals surface area contributed by atoms with Gasteiger partial charge in [-0.2, -0.15) is 0 Å². The lowest BCUT2D eigenvalue weighted by atomic mass is 9.92. The minimum Gasteiger partial charge on any atom is -0.350 e. The lowest BCUT2D eigenvalue weighted by Gasteiger charge is -2.10. The molecular weight excluding hydrogens is 282 g/mol. The van der Waals surface area contributed by atoms with Crippen LogP contribution in [-0.2, 0) is 11.8 Å². The summed E-state index contributed by atoms with van der Waals surface area (Å²) in [6, 6.07) is 18.6. The topological polar surface area (TPSA) is 22.0 Å². The molecule has 0 aliphatic carbocycles. The first-order chi connectivity index (χ1) is 11.1. The average Bonchev–Trinajstić information content (AvgIpc) is 2.90. The first kappa shape index (κ1) is 15.3. The summed E-state index contributed by atoms with van der Waals surface area (Å²) in [6.45, 7) is 1.66. The number of Topliss-reactive ketones (excluding diaryl/α,β-unsaturated/α-hetero) is 1. The van der Waals surface area contributed by atoms with Crippen molar-refractivity contribution in [1.82, 2.24) is 4.57 Å². The minimum absolute atomic E-state index is 0.0961. The molecule has 0 radical (unpaired) electrons. The SMILES string of the molecule is CC(=O)C[C@@H](/C=C/c1ccccc1)c1cn(C)c2ccccc12. The summed E-state index contributed by atoms with van der Waals surface area (Å²) in [5, 5.41) is 1.22. The molecule has 116 valence electrons. The number of benzene rings is 2. The molecule has 0 aliphatic rings. The van der Waals surface area contributed by atoms with Crippen LogP contribution in [0.1, 0.15) is 30.4 Å². The normalized spacial score (nSPS) is 12.8. The number of rotatable bonds is 5. The number of hydrogen-bond donors (Lipinski definition) is 0. The first-order valence-corrected chi connectivity index (χ1v) is 7.92. The van der Waals surface area contributed by atoms with Crippen molar-refractivity contribution >= 4 is 22.8 Å². The third kappa shape index (κ3) is 3.42. The van der Waals surface area contributed by atoms with E-state index in [4.69, 9.17) is 0 Å². The number of aromatic nitrogens is 1. The fourth-order valence-electron chi connectivity index (χ4n) is 3.05. The average molecular weight is 303 g/mol. The first-order valence-electron chi connectivity index (χ1n) is 7.92. The number of carbonyl (C=O) groups is 1. The molecule has 0 saturated heterocycles. The van der Waals surface area contributed by atoms with Crippen LogP contribution in [-0.4, -0.2) is 10.4 Å². The molecule has 0 bridgehead atoms. The largest absolute Gasteiger partial charge is 0.350 e. The number of para-hydroxylation sites is 1. The Morgan fingerprint density at radius 2 is 1.78 bits per heavy atom. The summed E-state index contributed by atoms with van der Waals surface area (Å²) in [6.07, 6.45) is 6.93. The predicted octanol–water partition coefficient (Wildman–Crippen LogP) is 4.95. The second kappa shape index (κ2) is 6.66. The lowest BCUT2D eigenvalue weighted by molar-refractivity contribution is -0.117. The summed E-state index contributed by atoms with van der Waals surface area (Å²) in [4.78, 5) is 11.7. The van der Waals surface area contributed by atoms with Gasteiger partial charge in [0.25, 0.3) is 0 Å². The van der Waals surface area contributed by atoms with Gasteiger partial charge in [-0.05, 0) is 24.1 Å². The maximum absolute atomic E-state index is 11.7. The third-order valence-electron chi connectivity index (χ3n) is 4.16. The van der Waals surface area contributed by atoms with Gasteiger partial charge in [-0.1, -0.05) is 60.7 Å². The van der Waals surface area contributed by atoms with Gasteiger partial charge in [-0.25, -0.2) is 0 Å². The fourth-order valence-corrected chi connectivity index (χ4v) is 3.05. The quantitative estimate of drug-likeness (QED) is 0.653. The predicted molar refractivity (Wildman–Crippen MR) is 96.4 cm³/mol. The van der Waals surface area contributed by atoms with Gasteiger partial charge in [0, 0.05) is 36.5 Å². The van der Waals surface area contributed by atoms with Crippen molar-refractivity contribution in [2.24, 2.45) is 7.05 Å². The standard InChI is InChI=1S/C21H21NO/c1-16(23)14-18(13-12-17-8-4-3-5-9-17)20-15-22(2)21-11-7-6-10-19(20)21/h3-13,15,18H,14H2,1-2H3/b13-12+/t18-/m1/s1. The second-order valence-electron chi connectivity index (χ2n) is 5.99. The maximum atomic E-state index is 11.7. The van der Waals surface area contributed by atoms with Gasteiger partial charge in [0.05, 0.1) is 0 Å². The van der Waals surface area contributed by atoms with Crippen molar-refractivity contribution in [3.63, 3.8) is 0 Å². The van der Waals surface area contributed by atoms with Gasteiger partial charge in [-0.3, -0.25) is 4.79 Å². The summed E-state index contributed by atoms with van der Waals surface area (Å²) in [5.41, 5.74) is 3.57. The molecule has 2 aromatic carbocycles. The highest BCUT2D eigenvalue weighted by Crippen LogP contribution is 2.31. The Balaban J connectivity index is 2.01. The highest BCUT2D eigenvalue weighted by Gasteiger charge is 2.16. The van der Waals surface area contributed by atoms with E-state index in [-0.39, 0.29) is 11.7 Å².